The van der Waals surface area contributed by atoms with Crippen LogP contribution in [0.2, 0.25) is 0 Å². The molecule has 1 atom stereocenters. The quantitative estimate of drug-likeness (QED) is 0.153. The number of rotatable bonds is 15. The van der Waals surface area contributed by atoms with E-state index in [9.17, 15) is 39.9 Å². The second-order valence-electron chi connectivity index (χ2n) is 12.4. The minimum absolute atomic E-state index is 0.0683. The molecule has 1 fully saturated rings. The van der Waals surface area contributed by atoms with Crippen molar-refractivity contribution in [2.45, 2.75) is 102 Å². The predicted molar refractivity (Wildman–Crippen MR) is 165 cm³/mol. The number of phenols is 1. The molecule has 2 aromatic carbocycles. The lowest BCUT2D eigenvalue weighted by molar-refractivity contribution is -0.284. The van der Waals surface area contributed by atoms with E-state index >= 15 is 0 Å². The maximum atomic E-state index is 13.7. The van der Waals surface area contributed by atoms with E-state index in [2.05, 4.69) is 4.90 Å². The van der Waals surface area contributed by atoms with Crippen LogP contribution in [-0.4, -0.2) is 61.2 Å². The number of unbranched alkanes of at least 4 members (excludes halogenated alkanes) is 3. The Bertz CT molecular complexity index is 1410. The standard InChI is InChI=1S/C34H43F6NO3S/c35-27-14-12-25(13-15-27)30-11-5-8-26-24-29(42)16-17-31(26)32(30)10-3-1-2-4-20-41-21-6-9-28(41)18-23-45(43,44)22-7-19-33(36,37)34(38,39)40/h12-17,24,28,42H,1-11,18-23H2/t28-/m0/s1. The minimum Gasteiger partial charge on any atom is -0.508 e. The van der Waals surface area contributed by atoms with Crippen LogP contribution < -0.4 is 0 Å². The molecule has 45 heavy (non-hydrogen) atoms. The Morgan fingerprint density at radius 3 is 2.33 bits per heavy atom. The fourth-order valence-electron chi connectivity index (χ4n) is 6.67. The zero-order valence-corrected chi connectivity index (χ0v) is 26.3. The molecule has 0 radical (unpaired) electrons. The molecular weight excluding hydrogens is 616 g/mol. The van der Waals surface area contributed by atoms with Gasteiger partial charge in [-0.3, -0.25) is 0 Å². The molecular formula is C34H43F6NO3S. The molecule has 0 bridgehead atoms. The second kappa shape index (κ2) is 15.4. The number of sulfone groups is 1. The highest BCUT2D eigenvalue weighted by Crippen LogP contribution is 2.40. The molecule has 1 aliphatic heterocycles. The number of hydrogen-bond donors (Lipinski definition) is 1. The number of fused-ring (bicyclic) bond motifs is 1. The number of hydrogen-bond acceptors (Lipinski definition) is 4. The zero-order chi connectivity index (χ0) is 32.7. The van der Waals surface area contributed by atoms with Gasteiger partial charge in [0, 0.05) is 12.5 Å². The van der Waals surface area contributed by atoms with Gasteiger partial charge in [-0.1, -0.05) is 31.0 Å². The molecule has 2 aliphatic rings. The van der Waals surface area contributed by atoms with Gasteiger partial charge in [-0.25, -0.2) is 12.8 Å². The number of phenolic OH excluding ortho intramolecular Hbond substituents is 1. The van der Waals surface area contributed by atoms with Crippen LogP contribution in [0.4, 0.5) is 26.3 Å². The molecule has 0 spiro atoms. The van der Waals surface area contributed by atoms with Gasteiger partial charge < -0.3 is 10.0 Å². The molecule has 1 aliphatic carbocycles. The lowest BCUT2D eigenvalue weighted by atomic mass is 9.89. The van der Waals surface area contributed by atoms with Crippen molar-refractivity contribution in [2.75, 3.05) is 24.6 Å². The average Bonchev–Trinajstić information content (AvgIpc) is 3.34. The Labute approximate surface area is 262 Å². The van der Waals surface area contributed by atoms with E-state index in [0.717, 1.165) is 94.0 Å². The summed E-state index contributed by atoms with van der Waals surface area (Å²) in [5, 5.41) is 10.1. The number of halogens is 6. The molecule has 1 saturated heterocycles. The van der Waals surface area contributed by atoms with Crippen LogP contribution in [0.5, 0.6) is 5.75 Å². The van der Waals surface area contributed by atoms with Crippen molar-refractivity contribution >= 4 is 21.0 Å². The number of allylic oxidation sites excluding steroid dienone is 2. The Morgan fingerprint density at radius 2 is 1.60 bits per heavy atom. The summed E-state index contributed by atoms with van der Waals surface area (Å²) < 4.78 is 102. The van der Waals surface area contributed by atoms with Crippen molar-refractivity contribution in [1.82, 2.24) is 4.90 Å². The number of benzene rings is 2. The largest absolute Gasteiger partial charge is 0.508 e. The first kappa shape index (κ1) is 35.3. The number of likely N-dealkylation sites (tertiary alicyclic amines) is 1. The monoisotopic (exact) mass is 659 g/mol. The van der Waals surface area contributed by atoms with E-state index in [4.69, 9.17) is 0 Å². The molecule has 1 N–H and O–H groups in total. The average molecular weight is 660 g/mol. The summed E-state index contributed by atoms with van der Waals surface area (Å²) in [5.74, 6) is -5.78. The predicted octanol–water partition coefficient (Wildman–Crippen LogP) is 8.98. The first-order chi connectivity index (χ1) is 21.3. The highest BCUT2D eigenvalue weighted by atomic mass is 32.2. The van der Waals surface area contributed by atoms with Crippen LogP contribution in [0.1, 0.15) is 93.7 Å². The maximum Gasteiger partial charge on any atom is 0.453 e. The van der Waals surface area contributed by atoms with E-state index in [1.807, 2.05) is 24.3 Å². The van der Waals surface area contributed by atoms with E-state index in [1.165, 1.54) is 23.3 Å². The molecule has 0 saturated carbocycles. The molecule has 4 nitrogen and oxygen atoms in total. The normalized spacial score (nSPS) is 18.3. The molecule has 1 heterocycles. The van der Waals surface area contributed by atoms with Crippen LogP contribution in [0, 0.1) is 5.82 Å². The van der Waals surface area contributed by atoms with Gasteiger partial charge in [0.05, 0.1) is 11.5 Å². The third-order valence-corrected chi connectivity index (χ3v) is 10.9. The fourth-order valence-corrected chi connectivity index (χ4v) is 8.09. The molecule has 11 heteroatoms. The lowest BCUT2D eigenvalue weighted by Crippen LogP contribution is -2.36. The Kier molecular flexibility index (Phi) is 12.1. The molecule has 0 unspecified atom stereocenters. The second-order valence-corrected chi connectivity index (χ2v) is 14.7. The van der Waals surface area contributed by atoms with Gasteiger partial charge in [0.25, 0.3) is 0 Å². The Morgan fingerprint density at radius 1 is 0.867 bits per heavy atom. The zero-order valence-electron chi connectivity index (χ0n) is 25.5. The Balaban J connectivity index is 1.25. The van der Waals surface area contributed by atoms with Crippen LogP contribution in [0.25, 0.3) is 11.1 Å². The molecule has 4 rings (SSSR count). The lowest BCUT2D eigenvalue weighted by Gasteiger charge is -2.24. The van der Waals surface area contributed by atoms with Crippen LogP contribution in [0.15, 0.2) is 42.5 Å². The maximum absolute atomic E-state index is 13.7. The smallest absolute Gasteiger partial charge is 0.453 e. The van der Waals surface area contributed by atoms with E-state index < -0.39 is 40.5 Å². The highest BCUT2D eigenvalue weighted by molar-refractivity contribution is 7.91. The van der Waals surface area contributed by atoms with Crippen LogP contribution in [0.3, 0.4) is 0 Å². The van der Waals surface area contributed by atoms with Gasteiger partial charge in [0.1, 0.15) is 21.4 Å². The number of aromatic hydroxyl groups is 1. The van der Waals surface area contributed by atoms with Crippen LogP contribution >= 0.6 is 0 Å². The summed E-state index contributed by atoms with van der Waals surface area (Å²) in [5.41, 5.74) is 5.77. The van der Waals surface area contributed by atoms with E-state index in [-0.39, 0.29) is 23.4 Å². The third-order valence-electron chi connectivity index (χ3n) is 9.09. The first-order valence-electron chi connectivity index (χ1n) is 15.9. The SMILES string of the molecule is O=S(=O)(CCCC(F)(F)C(F)(F)F)CC[C@@H]1CCCN1CCCCCCC1=C(c2ccc(F)cc2)CCCc2cc(O)ccc21. The molecule has 0 aromatic heterocycles. The molecule has 2 aromatic rings. The van der Waals surface area contributed by atoms with Crippen molar-refractivity contribution in [3.05, 3.63) is 65.0 Å². The van der Waals surface area contributed by atoms with Crippen molar-refractivity contribution in [1.29, 1.82) is 0 Å². The summed E-state index contributed by atoms with van der Waals surface area (Å²) >= 11 is 0. The fraction of sp³-hybridized carbons (Fsp3) is 0.588. The van der Waals surface area contributed by atoms with Crippen LogP contribution in [-0.2, 0) is 16.3 Å². The van der Waals surface area contributed by atoms with Gasteiger partial charge in [0.15, 0.2) is 0 Å². The van der Waals surface area contributed by atoms with Crippen molar-refractivity contribution in [2.24, 2.45) is 0 Å². The van der Waals surface area contributed by atoms with Crippen molar-refractivity contribution in [3.63, 3.8) is 0 Å². The number of nitrogens with zero attached hydrogens (tertiary/aromatic N) is 1. The van der Waals surface area contributed by atoms with Crippen molar-refractivity contribution < 1.29 is 39.9 Å². The van der Waals surface area contributed by atoms with Gasteiger partial charge in [-0.05, 0) is 129 Å². The summed E-state index contributed by atoms with van der Waals surface area (Å²) in [6.45, 7) is 1.69. The highest BCUT2D eigenvalue weighted by Gasteiger charge is 2.56. The topological polar surface area (TPSA) is 57.6 Å². The summed E-state index contributed by atoms with van der Waals surface area (Å²) in [6.07, 6.45) is 1.69. The first-order valence-corrected chi connectivity index (χ1v) is 17.8. The minimum atomic E-state index is -5.67. The van der Waals surface area contributed by atoms with Gasteiger partial charge in [-0.15, -0.1) is 0 Å². The molecule has 250 valence electrons. The third kappa shape index (κ3) is 9.98. The summed E-state index contributed by atoms with van der Waals surface area (Å²) in [7, 11) is -3.72. The Hall–Kier alpha value is -2.53. The van der Waals surface area contributed by atoms with Gasteiger partial charge in [-0.2, -0.15) is 22.0 Å². The number of alkyl halides is 5. The molecule has 0 amide bonds. The van der Waals surface area contributed by atoms with E-state index in [1.54, 1.807) is 6.07 Å². The van der Waals surface area contributed by atoms with Gasteiger partial charge in [0.2, 0.25) is 0 Å². The van der Waals surface area contributed by atoms with Gasteiger partial charge >= 0.3 is 12.1 Å². The van der Waals surface area contributed by atoms with Crippen molar-refractivity contribution in [3.8, 4) is 5.75 Å². The number of aryl methyl sites for hydroxylation is 1. The summed E-state index contributed by atoms with van der Waals surface area (Å²) in [6, 6.07) is 12.3. The van der Waals surface area contributed by atoms with E-state index in [0.29, 0.717) is 6.42 Å². The summed E-state index contributed by atoms with van der Waals surface area (Å²) in [4.78, 5) is 2.27.